The fourth-order valence-corrected chi connectivity index (χ4v) is 3.29. The number of carbonyl (C=O) groups is 2. The van der Waals surface area contributed by atoms with E-state index < -0.39 is 6.03 Å². The number of hydrogen-bond acceptors (Lipinski definition) is 3. The largest absolute Gasteiger partial charge is 0.358 e. The predicted octanol–water partition coefficient (Wildman–Crippen LogP) is 2.19. The van der Waals surface area contributed by atoms with E-state index in [1.807, 2.05) is 0 Å². The third kappa shape index (κ3) is 3.94. The van der Waals surface area contributed by atoms with Gasteiger partial charge in [-0.2, -0.15) is 0 Å². The van der Waals surface area contributed by atoms with Gasteiger partial charge in [0, 0.05) is 37.1 Å². The number of aromatic amines is 1. The van der Waals surface area contributed by atoms with Crippen LogP contribution in [0.2, 0.25) is 0 Å². The molecule has 0 unspecified atom stereocenters. The maximum Gasteiger partial charge on any atom is 0.321 e. The molecule has 2 aromatic rings. The van der Waals surface area contributed by atoms with Crippen LogP contribution in [0.25, 0.3) is 10.9 Å². The summed E-state index contributed by atoms with van der Waals surface area (Å²) in [6.07, 6.45) is 2.53. The maximum atomic E-state index is 11.6. The molecule has 1 saturated heterocycles. The molecule has 2 heterocycles. The van der Waals surface area contributed by atoms with Crippen molar-refractivity contribution in [2.24, 2.45) is 0 Å². The van der Waals surface area contributed by atoms with Crippen molar-refractivity contribution in [3.63, 3.8) is 0 Å². The van der Waals surface area contributed by atoms with Gasteiger partial charge in [-0.15, -0.1) is 0 Å². The highest BCUT2D eigenvalue weighted by molar-refractivity contribution is 5.94. The van der Waals surface area contributed by atoms with E-state index in [2.05, 4.69) is 50.8 Å². The molecular weight excluding hydrogens is 304 g/mol. The second kappa shape index (κ2) is 7.49. The van der Waals surface area contributed by atoms with Crippen LogP contribution in [0.5, 0.6) is 0 Å². The van der Waals surface area contributed by atoms with Crippen molar-refractivity contribution in [3.05, 3.63) is 36.0 Å². The summed E-state index contributed by atoms with van der Waals surface area (Å²) in [5, 5.41) is 5.94. The van der Waals surface area contributed by atoms with Gasteiger partial charge in [-0.3, -0.25) is 10.1 Å². The second-order valence-corrected chi connectivity index (χ2v) is 6.31. The zero-order chi connectivity index (χ0) is 16.9. The number of likely N-dealkylation sites (tertiary alicyclic amines) is 1. The zero-order valence-electron chi connectivity index (χ0n) is 14.0. The number of para-hydroxylation sites is 1. The number of nitrogens with one attached hydrogen (secondary N) is 3. The van der Waals surface area contributed by atoms with Crippen LogP contribution >= 0.6 is 0 Å². The fraction of sp³-hybridized carbons (Fsp3) is 0.444. The minimum Gasteiger partial charge on any atom is -0.358 e. The molecule has 3 N–H and O–H groups in total. The minimum absolute atomic E-state index is 0.230. The SMILES string of the molecule is CNC(=O)NC(=O)CCN1CCC(c2cc3ccccc3[nH]2)CC1. The van der Waals surface area contributed by atoms with E-state index >= 15 is 0 Å². The third-order valence-corrected chi connectivity index (χ3v) is 4.71. The van der Waals surface area contributed by atoms with Crippen molar-refractivity contribution >= 4 is 22.8 Å². The Kier molecular flexibility index (Phi) is 5.15. The van der Waals surface area contributed by atoms with Gasteiger partial charge in [0.2, 0.25) is 5.91 Å². The Bertz CT molecular complexity index is 684. The molecule has 24 heavy (non-hydrogen) atoms. The monoisotopic (exact) mass is 328 g/mol. The lowest BCUT2D eigenvalue weighted by atomic mass is 9.93. The topological polar surface area (TPSA) is 77.2 Å². The number of fused-ring (bicyclic) bond motifs is 1. The first-order valence-electron chi connectivity index (χ1n) is 8.47. The van der Waals surface area contributed by atoms with E-state index in [0.717, 1.165) is 25.9 Å². The molecule has 1 fully saturated rings. The van der Waals surface area contributed by atoms with Crippen molar-refractivity contribution in [2.45, 2.75) is 25.2 Å². The van der Waals surface area contributed by atoms with Crippen LogP contribution in [-0.4, -0.2) is 48.5 Å². The van der Waals surface area contributed by atoms with E-state index in [9.17, 15) is 9.59 Å². The highest BCUT2D eigenvalue weighted by Crippen LogP contribution is 2.29. The summed E-state index contributed by atoms with van der Waals surface area (Å²) in [6.45, 7) is 2.66. The average Bonchev–Trinajstić information content (AvgIpc) is 3.04. The first-order chi connectivity index (χ1) is 11.7. The Morgan fingerprint density at radius 3 is 2.71 bits per heavy atom. The van der Waals surface area contributed by atoms with Crippen LogP contribution in [0.1, 0.15) is 30.9 Å². The smallest absolute Gasteiger partial charge is 0.321 e. The van der Waals surface area contributed by atoms with Crippen LogP contribution in [0, 0.1) is 0 Å². The summed E-state index contributed by atoms with van der Waals surface area (Å²) in [6, 6.07) is 10.2. The maximum absolute atomic E-state index is 11.6. The molecular formula is C18H24N4O2. The lowest BCUT2D eigenvalue weighted by Gasteiger charge is -2.31. The Balaban J connectivity index is 1.47. The molecule has 1 aromatic heterocycles. The molecule has 1 aliphatic rings. The van der Waals surface area contributed by atoms with Gasteiger partial charge in [-0.05, 0) is 43.5 Å². The summed E-state index contributed by atoms with van der Waals surface area (Å²) in [4.78, 5) is 28.5. The molecule has 0 atom stereocenters. The van der Waals surface area contributed by atoms with Crippen molar-refractivity contribution in [1.29, 1.82) is 0 Å². The first-order valence-corrected chi connectivity index (χ1v) is 8.47. The molecule has 1 aromatic carbocycles. The van der Waals surface area contributed by atoms with Gasteiger partial charge >= 0.3 is 6.03 Å². The summed E-state index contributed by atoms with van der Waals surface area (Å²) in [5.74, 6) is 0.320. The number of amides is 3. The molecule has 3 amide bonds. The number of piperidine rings is 1. The lowest BCUT2D eigenvalue weighted by molar-refractivity contribution is -0.120. The number of imide groups is 1. The predicted molar refractivity (Wildman–Crippen MR) is 93.9 cm³/mol. The van der Waals surface area contributed by atoms with Gasteiger partial charge in [0.25, 0.3) is 0 Å². The molecule has 1 aliphatic heterocycles. The van der Waals surface area contributed by atoms with Crippen molar-refractivity contribution < 1.29 is 9.59 Å². The molecule has 0 spiro atoms. The molecule has 0 bridgehead atoms. The Morgan fingerprint density at radius 1 is 1.25 bits per heavy atom. The number of carbonyl (C=O) groups excluding carboxylic acids is 2. The summed E-state index contributed by atoms with van der Waals surface area (Å²) in [7, 11) is 1.50. The normalized spacial score (nSPS) is 16.2. The van der Waals surface area contributed by atoms with Gasteiger partial charge < -0.3 is 15.2 Å². The quantitative estimate of drug-likeness (QED) is 0.805. The van der Waals surface area contributed by atoms with Gasteiger partial charge in [0.1, 0.15) is 0 Å². The van der Waals surface area contributed by atoms with Crippen LogP contribution in [-0.2, 0) is 4.79 Å². The van der Waals surface area contributed by atoms with Crippen molar-refractivity contribution in [3.8, 4) is 0 Å². The van der Waals surface area contributed by atoms with Crippen LogP contribution in [0.4, 0.5) is 4.79 Å². The third-order valence-electron chi connectivity index (χ3n) is 4.71. The van der Waals surface area contributed by atoms with E-state index in [-0.39, 0.29) is 5.91 Å². The van der Waals surface area contributed by atoms with E-state index in [0.29, 0.717) is 18.9 Å². The minimum atomic E-state index is -0.447. The second-order valence-electron chi connectivity index (χ2n) is 6.31. The standard InChI is InChI=1S/C18H24N4O2/c1-19-18(24)21-17(23)8-11-22-9-6-13(7-10-22)16-12-14-4-2-3-5-15(14)20-16/h2-5,12-13,20H,6-11H2,1H3,(H2,19,21,23,24). The number of aromatic nitrogens is 1. The number of benzene rings is 1. The molecule has 0 saturated carbocycles. The Labute approximate surface area is 141 Å². The highest BCUT2D eigenvalue weighted by atomic mass is 16.2. The number of nitrogens with zero attached hydrogens (tertiary/aromatic N) is 1. The summed E-state index contributed by atoms with van der Waals surface area (Å²) >= 11 is 0. The Hall–Kier alpha value is -2.34. The number of hydrogen-bond donors (Lipinski definition) is 3. The van der Waals surface area contributed by atoms with Crippen molar-refractivity contribution in [2.75, 3.05) is 26.7 Å². The Morgan fingerprint density at radius 2 is 2.00 bits per heavy atom. The number of H-pyrrole nitrogens is 1. The van der Waals surface area contributed by atoms with Gasteiger partial charge in [-0.25, -0.2) is 4.79 Å². The van der Waals surface area contributed by atoms with Gasteiger partial charge in [0.05, 0.1) is 0 Å². The molecule has 128 valence electrons. The van der Waals surface area contributed by atoms with Gasteiger partial charge in [-0.1, -0.05) is 18.2 Å². The average molecular weight is 328 g/mol. The van der Waals surface area contributed by atoms with E-state index in [1.54, 1.807) is 0 Å². The fourth-order valence-electron chi connectivity index (χ4n) is 3.29. The molecule has 3 rings (SSSR count). The zero-order valence-corrected chi connectivity index (χ0v) is 14.0. The van der Waals surface area contributed by atoms with Crippen molar-refractivity contribution in [1.82, 2.24) is 20.5 Å². The molecule has 6 heteroatoms. The van der Waals surface area contributed by atoms with Crippen LogP contribution < -0.4 is 10.6 Å². The number of rotatable bonds is 4. The summed E-state index contributed by atoms with van der Waals surface area (Å²) in [5.41, 5.74) is 2.51. The lowest BCUT2D eigenvalue weighted by Crippen LogP contribution is -2.40. The van der Waals surface area contributed by atoms with Gasteiger partial charge in [0.15, 0.2) is 0 Å². The molecule has 0 aliphatic carbocycles. The number of urea groups is 1. The molecule has 6 nitrogen and oxygen atoms in total. The van der Waals surface area contributed by atoms with E-state index in [4.69, 9.17) is 0 Å². The highest BCUT2D eigenvalue weighted by Gasteiger charge is 2.22. The first kappa shape index (κ1) is 16.5. The molecule has 0 radical (unpaired) electrons. The summed E-state index contributed by atoms with van der Waals surface area (Å²) < 4.78 is 0. The van der Waals surface area contributed by atoms with Crippen LogP contribution in [0.3, 0.4) is 0 Å². The van der Waals surface area contributed by atoms with Crippen LogP contribution in [0.15, 0.2) is 30.3 Å². The van der Waals surface area contributed by atoms with E-state index in [1.165, 1.54) is 23.6 Å².